The molecule has 2 fully saturated rings. The molecule has 0 aromatic rings. The van der Waals surface area contributed by atoms with Crippen molar-refractivity contribution in [2.75, 3.05) is 19.8 Å². The minimum atomic E-state index is -1.00. The SMILES string of the molecule is CC1CCC(CCC(=O)N2CCOCC2C(=O)O)O1. The molecular weight excluding hydrogens is 250 g/mol. The lowest BCUT2D eigenvalue weighted by Crippen LogP contribution is -2.52. The van der Waals surface area contributed by atoms with Crippen molar-refractivity contribution < 1.29 is 24.2 Å². The minimum Gasteiger partial charge on any atom is -0.480 e. The topological polar surface area (TPSA) is 76.1 Å². The van der Waals surface area contributed by atoms with Gasteiger partial charge in [0.15, 0.2) is 6.04 Å². The molecule has 2 aliphatic heterocycles. The molecule has 0 aromatic carbocycles. The molecule has 1 N–H and O–H groups in total. The Morgan fingerprint density at radius 1 is 1.37 bits per heavy atom. The van der Waals surface area contributed by atoms with Crippen LogP contribution in [0.25, 0.3) is 0 Å². The van der Waals surface area contributed by atoms with Crippen LogP contribution in [0.4, 0.5) is 0 Å². The summed E-state index contributed by atoms with van der Waals surface area (Å²) < 4.78 is 10.8. The van der Waals surface area contributed by atoms with Crippen LogP contribution in [-0.4, -0.2) is 59.9 Å². The van der Waals surface area contributed by atoms with Gasteiger partial charge >= 0.3 is 5.97 Å². The summed E-state index contributed by atoms with van der Waals surface area (Å²) in [5.41, 5.74) is 0. The van der Waals surface area contributed by atoms with Crippen LogP contribution >= 0.6 is 0 Å². The van der Waals surface area contributed by atoms with Gasteiger partial charge in [-0.1, -0.05) is 0 Å². The summed E-state index contributed by atoms with van der Waals surface area (Å²) in [6.07, 6.45) is 3.46. The number of carbonyl (C=O) groups excluding carboxylic acids is 1. The Kier molecular flexibility index (Phi) is 4.76. The average Bonchev–Trinajstić information content (AvgIpc) is 2.81. The third-order valence-electron chi connectivity index (χ3n) is 3.73. The second-order valence-electron chi connectivity index (χ2n) is 5.20. The number of hydrogen-bond donors (Lipinski definition) is 1. The van der Waals surface area contributed by atoms with Gasteiger partial charge in [0.2, 0.25) is 5.91 Å². The first-order chi connectivity index (χ1) is 9.08. The molecule has 0 aliphatic carbocycles. The van der Waals surface area contributed by atoms with Crippen LogP contribution in [0.1, 0.15) is 32.6 Å². The molecule has 1 amide bonds. The molecule has 0 radical (unpaired) electrons. The molecular formula is C13H21NO5. The lowest BCUT2D eigenvalue weighted by molar-refractivity contribution is -0.158. The highest BCUT2D eigenvalue weighted by Crippen LogP contribution is 2.23. The molecule has 2 heterocycles. The van der Waals surface area contributed by atoms with Gasteiger partial charge in [0, 0.05) is 13.0 Å². The van der Waals surface area contributed by atoms with E-state index < -0.39 is 12.0 Å². The monoisotopic (exact) mass is 271 g/mol. The van der Waals surface area contributed by atoms with Crippen molar-refractivity contribution in [3.8, 4) is 0 Å². The Hall–Kier alpha value is -1.14. The van der Waals surface area contributed by atoms with Crippen molar-refractivity contribution in [2.45, 2.75) is 50.9 Å². The fraction of sp³-hybridized carbons (Fsp3) is 0.846. The van der Waals surface area contributed by atoms with Crippen LogP contribution in [0.5, 0.6) is 0 Å². The number of hydrogen-bond acceptors (Lipinski definition) is 4. The van der Waals surface area contributed by atoms with E-state index in [1.165, 1.54) is 4.90 Å². The maximum Gasteiger partial charge on any atom is 0.328 e. The first-order valence-electron chi connectivity index (χ1n) is 6.83. The fourth-order valence-electron chi connectivity index (χ4n) is 2.63. The molecule has 108 valence electrons. The molecule has 6 heteroatoms. The second-order valence-corrected chi connectivity index (χ2v) is 5.20. The Balaban J connectivity index is 1.82. The van der Waals surface area contributed by atoms with Gasteiger partial charge in [0.25, 0.3) is 0 Å². The van der Waals surface area contributed by atoms with E-state index in [4.69, 9.17) is 14.6 Å². The van der Waals surface area contributed by atoms with Crippen LogP contribution in [0.15, 0.2) is 0 Å². The van der Waals surface area contributed by atoms with E-state index in [0.717, 1.165) is 12.8 Å². The van der Waals surface area contributed by atoms with E-state index >= 15 is 0 Å². The fourth-order valence-corrected chi connectivity index (χ4v) is 2.63. The van der Waals surface area contributed by atoms with E-state index in [9.17, 15) is 9.59 Å². The minimum absolute atomic E-state index is 0.0814. The number of morpholine rings is 1. The number of rotatable bonds is 4. The van der Waals surface area contributed by atoms with E-state index in [1.807, 2.05) is 6.92 Å². The van der Waals surface area contributed by atoms with Gasteiger partial charge in [-0.25, -0.2) is 4.79 Å². The first kappa shape index (κ1) is 14.3. The zero-order valence-electron chi connectivity index (χ0n) is 11.2. The second kappa shape index (κ2) is 6.34. The van der Waals surface area contributed by atoms with E-state index in [1.54, 1.807) is 0 Å². The van der Waals surface area contributed by atoms with Crippen molar-refractivity contribution in [1.82, 2.24) is 4.90 Å². The first-order valence-corrected chi connectivity index (χ1v) is 6.83. The number of carboxylic acid groups (broad SMARTS) is 1. The van der Waals surface area contributed by atoms with Crippen LogP contribution in [0.2, 0.25) is 0 Å². The summed E-state index contributed by atoms with van der Waals surface area (Å²) in [6.45, 7) is 2.88. The Morgan fingerprint density at radius 3 is 2.79 bits per heavy atom. The molecule has 19 heavy (non-hydrogen) atoms. The van der Waals surface area contributed by atoms with E-state index in [-0.39, 0.29) is 24.7 Å². The van der Waals surface area contributed by atoms with Gasteiger partial charge in [-0.15, -0.1) is 0 Å². The maximum absolute atomic E-state index is 12.1. The summed E-state index contributed by atoms with van der Waals surface area (Å²) >= 11 is 0. The summed E-state index contributed by atoms with van der Waals surface area (Å²) in [5.74, 6) is -1.11. The van der Waals surface area contributed by atoms with Crippen LogP contribution in [0, 0.1) is 0 Å². The summed E-state index contributed by atoms with van der Waals surface area (Å²) in [6, 6.07) is -0.843. The number of carbonyl (C=O) groups is 2. The highest BCUT2D eigenvalue weighted by molar-refractivity contribution is 5.84. The zero-order chi connectivity index (χ0) is 13.8. The van der Waals surface area contributed by atoms with Gasteiger partial charge < -0.3 is 19.5 Å². The molecule has 2 saturated heterocycles. The Morgan fingerprint density at radius 2 is 2.16 bits per heavy atom. The highest BCUT2D eigenvalue weighted by Gasteiger charge is 2.33. The van der Waals surface area contributed by atoms with Crippen molar-refractivity contribution in [3.05, 3.63) is 0 Å². The van der Waals surface area contributed by atoms with Gasteiger partial charge in [-0.05, 0) is 26.2 Å². The maximum atomic E-state index is 12.1. The lowest BCUT2D eigenvalue weighted by atomic mass is 10.1. The predicted molar refractivity (Wildman–Crippen MR) is 66.8 cm³/mol. The van der Waals surface area contributed by atoms with Crippen LogP contribution < -0.4 is 0 Å². The van der Waals surface area contributed by atoms with Gasteiger partial charge in [0.05, 0.1) is 25.4 Å². The van der Waals surface area contributed by atoms with Gasteiger partial charge in [-0.3, -0.25) is 4.79 Å². The Labute approximate surface area is 112 Å². The van der Waals surface area contributed by atoms with E-state index in [2.05, 4.69) is 0 Å². The number of ether oxygens (including phenoxy) is 2. The molecule has 0 saturated carbocycles. The number of aliphatic carboxylic acids is 1. The van der Waals surface area contributed by atoms with Crippen LogP contribution in [-0.2, 0) is 19.1 Å². The quantitative estimate of drug-likeness (QED) is 0.812. The zero-order valence-corrected chi connectivity index (χ0v) is 11.2. The number of carboxylic acids is 1. The molecule has 3 unspecified atom stereocenters. The molecule has 0 aromatic heterocycles. The van der Waals surface area contributed by atoms with Crippen molar-refractivity contribution >= 4 is 11.9 Å². The van der Waals surface area contributed by atoms with Crippen molar-refractivity contribution in [2.24, 2.45) is 0 Å². The van der Waals surface area contributed by atoms with Crippen LogP contribution in [0.3, 0.4) is 0 Å². The number of amides is 1. The van der Waals surface area contributed by atoms with Crippen molar-refractivity contribution in [3.63, 3.8) is 0 Å². The Bertz CT molecular complexity index is 346. The standard InChI is InChI=1S/C13H21NO5/c1-9-2-3-10(19-9)4-5-12(15)14-6-7-18-8-11(14)13(16)17/h9-11H,2-8H2,1H3,(H,16,17). The highest BCUT2D eigenvalue weighted by atomic mass is 16.5. The van der Waals surface area contributed by atoms with E-state index in [0.29, 0.717) is 26.0 Å². The third kappa shape index (κ3) is 3.67. The molecule has 0 spiro atoms. The summed E-state index contributed by atoms with van der Waals surface area (Å²) in [4.78, 5) is 24.6. The molecule has 3 atom stereocenters. The number of nitrogens with zero attached hydrogens (tertiary/aromatic N) is 1. The average molecular weight is 271 g/mol. The third-order valence-corrected chi connectivity index (χ3v) is 3.73. The molecule has 2 aliphatic rings. The molecule has 6 nitrogen and oxygen atoms in total. The molecule has 0 bridgehead atoms. The van der Waals surface area contributed by atoms with Gasteiger partial charge in [0.1, 0.15) is 0 Å². The largest absolute Gasteiger partial charge is 0.480 e. The summed E-state index contributed by atoms with van der Waals surface area (Å²) in [7, 11) is 0. The summed E-state index contributed by atoms with van der Waals surface area (Å²) in [5, 5.41) is 9.07. The lowest BCUT2D eigenvalue weighted by Gasteiger charge is -2.33. The molecule has 2 rings (SSSR count). The predicted octanol–water partition coefficient (Wildman–Crippen LogP) is 0.646. The van der Waals surface area contributed by atoms with Gasteiger partial charge in [-0.2, -0.15) is 0 Å². The normalized spacial score (nSPS) is 31.4. The smallest absolute Gasteiger partial charge is 0.328 e. The van der Waals surface area contributed by atoms with Crippen molar-refractivity contribution in [1.29, 1.82) is 0 Å².